The topological polar surface area (TPSA) is 40.5 Å². The third kappa shape index (κ3) is 1.02. The Morgan fingerprint density at radius 3 is 2.15 bits per heavy atom. The monoisotopic (exact) mass is 182 g/mol. The highest BCUT2D eigenvalue weighted by Crippen LogP contribution is 2.58. The molecule has 4 rings (SSSR count). The summed E-state index contributed by atoms with van der Waals surface area (Å²) in [5.74, 6) is 2.36. The van der Waals surface area contributed by atoms with Gasteiger partial charge in [0.05, 0.1) is 5.60 Å². The quantitative estimate of drug-likeness (QED) is 0.639. The molecule has 0 spiro atoms. The molecular weight excluding hydrogens is 164 g/mol. The normalized spacial score (nSPS) is 58.6. The molecule has 0 heterocycles. The molecule has 4 saturated carbocycles. The van der Waals surface area contributed by atoms with E-state index in [4.69, 9.17) is 0 Å². The molecule has 3 atom stereocenters. The van der Waals surface area contributed by atoms with Gasteiger partial charge in [0.15, 0.2) is 0 Å². The predicted octanol–water partition coefficient (Wildman–Crippen LogP) is 1.17. The summed E-state index contributed by atoms with van der Waals surface area (Å²) in [4.78, 5) is 0. The standard InChI is InChI=1S/C11H18O2/c12-6-10-9-2-7-1-8(3-9)5-11(10,13)4-7/h7-10,12-13H,1-6H2. The van der Waals surface area contributed by atoms with Crippen LogP contribution in [0, 0.1) is 23.7 Å². The van der Waals surface area contributed by atoms with Gasteiger partial charge in [-0.3, -0.25) is 0 Å². The third-order valence-corrected chi connectivity index (χ3v) is 4.68. The van der Waals surface area contributed by atoms with Crippen LogP contribution in [-0.2, 0) is 0 Å². The zero-order valence-corrected chi connectivity index (χ0v) is 7.95. The average Bonchev–Trinajstić information content (AvgIpc) is 2.00. The summed E-state index contributed by atoms with van der Waals surface area (Å²) in [5, 5.41) is 19.7. The van der Waals surface area contributed by atoms with Crippen LogP contribution in [0.25, 0.3) is 0 Å². The van der Waals surface area contributed by atoms with E-state index in [0.29, 0.717) is 5.92 Å². The molecule has 2 N–H and O–H groups in total. The molecule has 13 heavy (non-hydrogen) atoms. The van der Waals surface area contributed by atoms with Gasteiger partial charge < -0.3 is 10.2 Å². The number of aliphatic hydroxyl groups is 2. The summed E-state index contributed by atoms with van der Waals surface area (Å²) >= 11 is 0. The Morgan fingerprint density at radius 1 is 1.08 bits per heavy atom. The smallest absolute Gasteiger partial charge is 0.0705 e. The maximum absolute atomic E-state index is 10.4. The zero-order chi connectivity index (χ0) is 9.05. The molecule has 0 aromatic rings. The summed E-state index contributed by atoms with van der Waals surface area (Å²) in [6.45, 7) is 0.195. The van der Waals surface area contributed by atoms with Crippen LogP contribution in [0.4, 0.5) is 0 Å². The first kappa shape index (κ1) is 8.25. The second-order valence-corrected chi connectivity index (χ2v) is 5.50. The maximum Gasteiger partial charge on any atom is 0.0705 e. The van der Waals surface area contributed by atoms with E-state index in [1.807, 2.05) is 0 Å². The summed E-state index contributed by atoms with van der Waals surface area (Å²) in [6.07, 6.45) is 5.81. The minimum Gasteiger partial charge on any atom is -0.396 e. The van der Waals surface area contributed by atoms with Crippen LogP contribution in [0.15, 0.2) is 0 Å². The Hall–Kier alpha value is -0.0800. The molecule has 0 aromatic heterocycles. The van der Waals surface area contributed by atoms with Crippen molar-refractivity contribution in [3.8, 4) is 0 Å². The van der Waals surface area contributed by atoms with Gasteiger partial charge in [-0.15, -0.1) is 0 Å². The lowest BCUT2D eigenvalue weighted by Gasteiger charge is -2.58. The van der Waals surface area contributed by atoms with E-state index in [2.05, 4.69) is 0 Å². The van der Waals surface area contributed by atoms with Crippen molar-refractivity contribution in [1.29, 1.82) is 0 Å². The first-order valence-corrected chi connectivity index (χ1v) is 5.54. The molecule has 4 aliphatic carbocycles. The van der Waals surface area contributed by atoms with E-state index < -0.39 is 5.60 Å². The molecule has 2 heteroatoms. The van der Waals surface area contributed by atoms with E-state index in [1.165, 1.54) is 19.3 Å². The van der Waals surface area contributed by atoms with Gasteiger partial charge in [0.2, 0.25) is 0 Å². The Morgan fingerprint density at radius 2 is 1.69 bits per heavy atom. The fourth-order valence-electron chi connectivity index (χ4n) is 4.42. The SMILES string of the molecule is OCC1C2CC3CC(C2)CC1(O)C3. The Kier molecular flexibility index (Phi) is 1.58. The Balaban J connectivity index is 1.93. The van der Waals surface area contributed by atoms with Crippen molar-refractivity contribution in [3.05, 3.63) is 0 Å². The fraction of sp³-hybridized carbons (Fsp3) is 1.00. The van der Waals surface area contributed by atoms with Crippen LogP contribution >= 0.6 is 0 Å². The highest BCUT2D eigenvalue weighted by molar-refractivity contribution is 5.06. The van der Waals surface area contributed by atoms with Crippen LogP contribution in [0.2, 0.25) is 0 Å². The molecule has 3 unspecified atom stereocenters. The van der Waals surface area contributed by atoms with E-state index >= 15 is 0 Å². The zero-order valence-electron chi connectivity index (χ0n) is 7.95. The summed E-state index contributed by atoms with van der Waals surface area (Å²) in [7, 11) is 0. The minimum atomic E-state index is -0.483. The average molecular weight is 182 g/mol. The summed E-state index contributed by atoms with van der Waals surface area (Å²) < 4.78 is 0. The van der Waals surface area contributed by atoms with Crippen molar-refractivity contribution in [1.82, 2.24) is 0 Å². The summed E-state index contributed by atoms with van der Waals surface area (Å²) in [6, 6.07) is 0. The van der Waals surface area contributed by atoms with Crippen LogP contribution in [0.1, 0.15) is 32.1 Å². The molecule has 0 amide bonds. The fourth-order valence-corrected chi connectivity index (χ4v) is 4.42. The highest BCUT2D eigenvalue weighted by Gasteiger charge is 2.55. The molecule has 4 aliphatic rings. The third-order valence-electron chi connectivity index (χ3n) is 4.68. The molecule has 0 radical (unpaired) electrons. The molecule has 4 fully saturated rings. The van der Waals surface area contributed by atoms with Crippen molar-refractivity contribution < 1.29 is 10.2 Å². The van der Waals surface area contributed by atoms with E-state index in [0.717, 1.165) is 24.7 Å². The number of hydrogen-bond donors (Lipinski definition) is 2. The van der Waals surface area contributed by atoms with Crippen molar-refractivity contribution in [2.45, 2.75) is 37.7 Å². The predicted molar refractivity (Wildman–Crippen MR) is 49.1 cm³/mol. The largest absolute Gasteiger partial charge is 0.396 e. The van der Waals surface area contributed by atoms with Crippen LogP contribution < -0.4 is 0 Å². The number of rotatable bonds is 1. The number of aliphatic hydroxyl groups excluding tert-OH is 1. The molecule has 0 saturated heterocycles. The first-order chi connectivity index (χ1) is 6.21. The molecule has 0 aliphatic heterocycles. The molecule has 2 nitrogen and oxygen atoms in total. The molecule has 0 aromatic carbocycles. The van der Waals surface area contributed by atoms with Crippen molar-refractivity contribution >= 4 is 0 Å². The Labute approximate surface area is 79.0 Å². The second-order valence-electron chi connectivity index (χ2n) is 5.50. The summed E-state index contributed by atoms with van der Waals surface area (Å²) in [5.41, 5.74) is -0.483. The lowest BCUT2D eigenvalue weighted by molar-refractivity contribution is -0.181. The van der Waals surface area contributed by atoms with Gasteiger partial charge in [-0.05, 0) is 49.9 Å². The van der Waals surface area contributed by atoms with Crippen LogP contribution in [0.3, 0.4) is 0 Å². The molecular formula is C11H18O2. The lowest BCUT2D eigenvalue weighted by Crippen LogP contribution is -2.58. The van der Waals surface area contributed by atoms with Crippen LogP contribution in [-0.4, -0.2) is 22.4 Å². The molecule has 74 valence electrons. The van der Waals surface area contributed by atoms with E-state index in [1.54, 1.807) is 0 Å². The first-order valence-electron chi connectivity index (χ1n) is 5.54. The minimum absolute atomic E-state index is 0.195. The number of hydrogen-bond acceptors (Lipinski definition) is 2. The Bertz CT molecular complexity index is 212. The van der Waals surface area contributed by atoms with Crippen molar-refractivity contribution in [2.75, 3.05) is 6.61 Å². The van der Waals surface area contributed by atoms with E-state index in [-0.39, 0.29) is 12.5 Å². The van der Waals surface area contributed by atoms with Gasteiger partial charge in [-0.2, -0.15) is 0 Å². The maximum atomic E-state index is 10.4. The van der Waals surface area contributed by atoms with Crippen molar-refractivity contribution in [3.63, 3.8) is 0 Å². The molecule has 4 bridgehead atoms. The second kappa shape index (κ2) is 2.48. The van der Waals surface area contributed by atoms with Gasteiger partial charge >= 0.3 is 0 Å². The lowest BCUT2D eigenvalue weighted by atomic mass is 9.50. The van der Waals surface area contributed by atoms with Gasteiger partial charge in [-0.1, -0.05) is 0 Å². The van der Waals surface area contributed by atoms with E-state index in [9.17, 15) is 10.2 Å². The van der Waals surface area contributed by atoms with Crippen molar-refractivity contribution in [2.24, 2.45) is 23.7 Å². The van der Waals surface area contributed by atoms with Gasteiger partial charge in [0, 0.05) is 12.5 Å². The van der Waals surface area contributed by atoms with Gasteiger partial charge in [-0.25, -0.2) is 0 Å². The highest BCUT2D eigenvalue weighted by atomic mass is 16.3. The van der Waals surface area contributed by atoms with Gasteiger partial charge in [0.1, 0.15) is 0 Å². The van der Waals surface area contributed by atoms with Crippen LogP contribution in [0.5, 0.6) is 0 Å². The van der Waals surface area contributed by atoms with Gasteiger partial charge in [0.25, 0.3) is 0 Å².